The zero-order valence-corrected chi connectivity index (χ0v) is 14.4. The number of carboxylic acid groups (broad SMARTS) is 1. The summed E-state index contributed by atoms with van der Waals surface area (Å²) < 4.78 is 0. The Labute approximate surface area is 143 Å². The van der Waals surface area contributed by atoms with Gasteiger partial charge in [-0.15, -0.1) is 0 Å². The van der Waals surface area contributed by atoms with Gasteiger partial charge in [-0.3, -0.25) is 4.79 Å². The van der Waals surface area contributed by atoms with Gasteiger partial charge in [-0.2, -0.15) is 0 Å². The number of pyridine rings is 1. The third-order valence-electron chi connectivity index (χ3n) is 4.00. The number of benzene rings is 1. The number of carbonyl (C=O) groups is 1. The van der Waals surface area contributed by atoms with Crippen LogP contribution in [0, 0.1) is 0 Å². The Morgan fingerprint density at radius 3 is 2.29 bits per heavy atom. The summed E-state index contributed by atoms with van der Waals surface area (Å²) >= 11 is 0. The van der Waals surface area contributed by atoms with E-state index in [2.05, 4.69) is 28.6 Å². The first-order valence-electron chi connectivity index (χ1n) is 8.35. The minimum absolute atomic E-state index is 0.102. The first kappa shape index (κ1) is 17.8. The van der Waals surface area contributed by atoms with Gasteiger partial charge in [0, 0.05) is 26.2 Å². The van der Waals surface area contributed by atoms with E-state index >= 15 is 0 Å². The molecule has 0 saturated heterocycles. The minimum atomic E-state index is -0.791. The Morgan fingerprint density at radius 2 is 1.75 bits per heavy atom. The molecule has 24 heavy (non-hydrogen) atoms. The molecule has 2 rings (SSSR count). The Kier molecular flexibility index (Phi) is 6.61. The molecule has 0 amide bonds. The second kappa shape index (κ2) is 8.91. The molecule has 0 atom stereocenters. The van der Waals surface area contributed by atoms with Crippen LogP contribution in [0.15, 0.2) is 48.7 Å². The summed E-state index contributed by atoms with van der Waals surface area (Å²) in [5, 5.41) is 9.01. The lowest BCUT2D eigenvalue weighted by molar-refractivity contribution is -0.136. The van der Waals surface area contributed by atoms with E-state index in [1.54, 1.807) is 0 Å². The molecule has 0 aliphatic carbocycles. The van der Waals surface area contributed by atoms with E-state index in [0.717, 1.165) is 30.2 Å². The predicted octanol–water partition coefficient (Wildman–Crippen LogP) is 3.41. The van der Waals surface area contributed by atoms with Crippen molar-refractivity contribution in [3.8, 4) is 0 Å². The van der Waals surface area contributed by atoms with Crippen molar-refractivity contribution in [3.63, 3.8) is 0 Å². The van der Waals surface area contributed by atoms with Crippen LogP contribution in [0.25, 0.3) is 0 Å². The van der Waals surface area contributed by atoms with Crippen molar-refractivity contribution < 1.29 is 9.90 Å². The standard InChI is InChI=1S/C19H25N3O2/c1-3-21(4-2)18-11-10-17(14-20-18)22(13-12-19(23)24)15-16-8-6-5-7-9-16/h5-11,14H,3-4,12-13,15H2,1-2H3,(H,23,24). The molecule has 2 aromatic rings. The fraction of sp³-hybridized carbons (Fsp3) is 0.368. The van der Waals surface area contributed by atoms with Crippen molar-refractivity contribution in [1.82, 2.24) is 4.98 Å². The van der Waals surface area contributed by atoms with Gasteiger partial charge >= 0.3 is 5.97 Å². The van der Waals surface area contributed by atoms with Gasteiger partial charge in [0.05, 0.1) is 18.3 Å². The van der Waals surface area contributed by atoms with Crippen LogP contribution in [0.2, 0.25) is 0 Å². The maximum Gasteiger partial charge on any atom is 0.305 e. The van der Waals surface area contributed by atoms with E-state index in [9.17, 15) is 4.79 Å². The maximum atomic E-state index is 11.0. The molecular formula is C19H25N3O2. The molecule has 0 unspecified atom stereocenters. The molecule has 1 N–H and O–H groups in total. The number of aliphatic carboxylic acids is 1. The molecule has 1 heterocycles. The summed E-state index contributed by atoms with van der Waals surface area (Å²) in [5.41, 5.74) is 2.09. The van der Waals surface area contributed by atoms with Crippen LogP contribution in [-0.2, 0) is 11.3 Å². The van der Waals surface area contributed by atoms with Crippen molar-refractivity contribution in [2.24, 2.45) is 0 Å². The van der Waals surface area contributed by atoms with Crippen molar-refractivity contribution in [1.29, 1.82) is 0 Å². The summed E-state index contributed by atoms with van der Waals surface area (Å²) in [5.74, 6) is 0.155. The number of nitrogens with zero attached hydrogens (tertiary/aromatic N) is 3. The zero-order valence-electron chi connectivity index (χ0n) is 14.4. The maximum absolute atomic E-state index is 11.0. The smallest absolute Gasteiger partial charge is 0.305 e. The van der Waals surface area contributed by atoms with Crippen molar-refractivity contribution in [2.75, 3.05) is 29.4 Å². The molecule has 1 aromatic heterocycles. The molecule has 1 aromatic carbocycles. The molecule has 0 fully saturated rings. The van der Waals surface area contributed by atoms with Gasteiger partial charge in [0.25, 0.3) is 0 Å². The molecule has 128 valence electrons. The highest BCUT2D eigenvalue weighted by molar-refractivity contribution is 5.67. The first-order chi connectivity index (χ1) is 11.6. The van der Waals surface area contributed by atoms with E-state index in [1.807, 2.05) is 48.7 Å². The average Bonchev–Trinajstić information content (AvgIpc) is 2.61. The topological polar surface area (TPSA) is 56.7 Å². The van der Waals surface area contributed by atoms with Gasteiger partial charge in [0.1, 0.15) is 5.82 Å². The number of hydrogen-bond donors (Lipinski definition) is 1. The Bertz CT molecular complexity index is 625. The number of hydrogen-bond acceptors (Lipinski definition) is 4. The molecule has 0 spiro atoms. The number of anilines is 2. The Hall–Kier alpha value is -2.56. The quantitative estimate of drug-likeness (QED) is 0.765. The van der Waals surface area contributed by atoms with Crippen LogP contribution in [0.3, 0.4) is 0 Å². The molecule has 0 radical (unpaired) electrons. The first-order valence-corrected chi connectivity index (χ1v) is 8.35. The normalized spacial score (nSPS) is 10.4. The second-order valence-electron chi connectivity index (χ2n) is 5.60. The van der Waals surface area contributed by atoms with Gasteiger partial charge < -0.3 is 14.9 Å². The van der Waals surface area contributed by atoms with Gasteiger partial charge in [-0.1, -0.05) is 30.3 Å². The number of carboxylic acids is 1. The highest BCUT2D eigenvalue weighted by atomic mass is 16.4. The largest absolute Gasteiger partial charge is 0.481 e. The van der Waals surface area contributed by atoms with Gasteiger partial charge in [0.2, 0.25) is 0 Å². The summed E-state index contributed by atoms with van der Waals surface area (Å²) in [7, 11) is 0. The van der Waals surface area contributed by atoms with Crippen LogP contribution in [0.5, 0.6) is 0 Å². The van der Waals surface area contributed by atoms with Crippen LogP contribution in [0.4, 0.5) is 11.5 Å². The van der Waals surface area contributed by atoms with Crippen molar-refractivity contribution in [3.05, 3.63) is 54.2 Å². The highest BCUT2D eigenvalue weighted by Crippen LogP contribution is 2.20. The lowest BCUT2D eigenvalue weighted by atomic mass is 10.2. The number of aromatic nitrogens is 1. The molecule has 0 aliphatic heterocycles. The molecule has 0 saturated carbocycles. The number of rotatable bonds is 9. The zero-order chi connectivity index (χ0) is 17.4. The van der Waals surface area contributed by atoms with E-state index in [-0.39, 0.29) is 6.42 Å². The monoisotopic (exact) mass is 327 g/mol. The molecule has 0 aliphatic rings. The molecule has 0 bridgehead atoms. The van der Waals surface area contributed by atoms with E-state index in [4.69, 9.17) is 5.11 Å². The van der Waals surface area contributed by atoms with Crippen LogP contribution in [0.1, 0.15) is 25.8 Å². The predicted molar refractivity (Wildman–Crippen MR) is 97.5 cm³/mol. The fourth-order valence-corrected chi connectivity index (χ4v) is 2.63. The van der Waals surface area contributed by atoms with Gasteiger partial charge in [0.15, 0.2) is 0 Å². The third-order valence-corrected chi connectivity index (χ3v) is 4.00. The van der Waals surface area contributed by atoms with Crippen molar-refractivity contribution >= 4 is 17.5 Å². The lowest BCUT2D eigenvalue weighted by Gasteiger charge is -2.25. The molecule has 5 nitrogen and oxygen atoms in total. The van der Waals surface area contributed by atoms with Gasteiger partial charge in [-0.05, 0) is 31.5 Å². The van der Waals surface area contributed by atoms with Crippen LogP contribution in [-0.4, -0.2) is 35.7 Å². The SMILES string of the molecule is CCN(CC)c1ccc(N(CCC(=O)O)Cc2ccccc2)cn1. The van der Waals surface area contributed by atoms with Crippen LogP contribution >= 0.6 is 0 Å². The second-order valence-corrected chi connectivity index (χ2v) is 5.60. The summed E-state index contributed by atoms with van der Waals surface area (Å²) in [6, 6.07) is 14.1. The average molecular weight is 327 g/mol. The van der Waals surface area contributed by atoms with Crippen LogP contribution < -0.4 is 9.80 Å². The van der Waals surface area contributed by atoms with E-state index in [0.29, 0.717) is 13.1 Å². The van der Waals surface area contributed by atoms with E-state index < -0.39 is 5.97 Å². The van der Waals surface area contributed by atoms with Gasteiger partial charge in [-0.25, -0.2) is 4.98 Å². The summed E-state index contributed by atoms with van der Waals surface area (Å²) in [6.45, 7) is 7.16. The summed E-state index contributed by atoms with van der Waals surface area (Å²) in [6.07, 6.45) is 1.93. The summed E-state index contributed by atoms with van der Waals surface area (Å²) in [4.78, 5) is 19.7. The minimum Gasteiger partial charge on any atom is -0.481 e. The highest BCUT2D eigenvalue weighted by Gasteiger charge is 2.11. The van der Waals surface area contributed by atoms with E-state index in [1.165, 1.54) is 0 Å². The molecular weight excluding hydrogens is 302 g/mol. The fourth-order valence-electron chi connectivity index (χ4n) is 2.63. The Morgan fingerprint density at radius 1 is 1.04 bits per heavy atom. The Balaban J connectivity index is 2.17. The lowest BCUT2D eigenvalue weighted by Crippen LogP contribution is -2.26. The molecule has 5 heteroatoms. The van der Waals surface area contributed by atoms with Crippen molar-refractivity contribution in [2.45, 2.75) is 26.8 Å². The third kappa shape index (κ3) is 4.98.